The molecule has 4 atom stereocenters. The molecule has 1 aromatic carbocycles. The fraction of sp³-hybridized carbons (Fsp3) is 0.429. The molecule has 3 heterocycles. The number of rotatable bonds is 5. The lowest BCUT2D eigenvalue weighted by molar-refractivity contribution is -0.165. The van der Waals surface area contributed by atoms with Crippen LogP contribution in [0.4, 0.5) is 0 Å². The summed E-state index contributed by atoms with van der Waals surface area (Å²) in [5, 5.41) is 6.74. The van der Waals surface area contributed by atoms with Gasteiger partial charge in [-0.15, -0.1) is 11.8 Å². The van der Waals surface area contributed by atoms with E-state index in [9.17, 15) is 14.4 Å². The molecule has 0 bridgehead atoms. The molecule has 34 heavy (non-hydrogen) atoms. The number of aryl methyl sites for hydroxylation is 1. The number of carbonyl (C=O) groups is 3. The van der Waals surface area contributed by atoms with Gasteiger partial charge in [0.2, 0.25) is 9.70 Å². The molecule has 8 nitrogen and oxygen atoms in total. The minimum Gasteiger partial charge on any atom is -0.459 e. The normalized spacial score (nSPS) is 29.2. The Morgan fingerprint density at radius 1 is 1.35 bits per heavy atom. The van der Waals surface area contributed by atoms with Crippen LogP contribution in [0.3, 0.4) is 0 Å². The number of ether oxygens (including phenoxy) is 1. The highest BCUT2D eigenvalue weighted by Crippen LogP contribution is 2.72. The van der Waals surface area contributed by atoms with Crippen molar-refractivity contribution in [2.24, 2.45) is 0 Å². The van der Waals surface area contributed by atoms with Gasteiger partial charge in [0.1, 0.15) is 35.0 Å². The number of benzene rings is 1. The molecule has 3 unspecified atom stereocenters. The number of halogens is 4. The summed E-state index contributed by atoms with van der Waals surface area (Å²) in [5.41, 5.74) is -0.125. The third-order valence-corrected chi connectivity index (χ3v) is 8.77. The van der Waals surface area contributed by atoms with Gasteiger partial charge in [-0.3, -0.25) is 9.59 Å². The summed E-state index contributed by atoms with van der Waals surface area (Å²) in [6.45, 7) is 3.05. The van der Waals surface area contributed by atoms with Crippen LogP contribution in [0.15, 0.2) is 28.8 Å². The number of aromatic nitrogens is 1. The Hall–Kier alpha value is -1.65. The number of esters is 1. The largest absolute Gasteiger partial charge is 0.459 e. The van der Waals surface area contributed by atoms with Crippen LogP contribution in [0.25, 0.3) is 11.3 Å². The Labute approximate surface area is 218 Å². The first-order valence-corrected chi connectivity index (χ1v) is 12.6. The maximum absolute atomic E-state index is 13.2. The molecule has 5 rings (SSSR count). The average molecular weight is 565 g/mol. The Morgan fingerprint density at radius 2 is 2.06 bits per heavy atom. The van der Waals surface area contributed by atoms with Crippen molar-refractivity contribution in [3.63, 3.8) is 0 Å². The smallest absolute Gasteiger partial charge is 0.333 e. The van der Waals surface area contributed by atoms with Crippen molar-refractivity contribution in [2.75, 3.05) is 6.61 Å². The van der Waals surface area contributed by atoms with Gasteiger partial charge >= 0.3 is 5.97 Å². The van der Waals surface area contributed by atoms with Crippen LogP contribution in [0, 0.1) is 6.92 Å². The summed E-state index contributed by atoms with van der Waals surface area (Å²) in [6, 6.07) is 6.11. The summed E-state index contributed by atoms with van der Waals surface area (Å²) in [6.07, 6.45) is 0.424. The van der Waals surface area contributed by atoms with Gasteiger partial charge in [0.05, 0.1) is 9.77 Å². The minimum absolute atomic E-state index is 0.190. The molecular weight excluding hydrogens is 548 g/mol. The number of alkyl halides is 3. The molecule has 13 heteroatoms. The van der Waals surface area contributed by atoms with Crippen LogP contribution in [-0.4, -0.2) is 59.9 Å². The van der Waals surface area contributed by atoms with Crippen LogP contribution in [0.1, 0.15) is 29.5 Å². The molecule has 2 aliphatic heterocycles. The monoisotopic (exact) mass is 563 g/mol. The predicted molar refractivity (Wildman–Crippen MR) is 128 cm³/mol. The predicted octanol–water partition coefficient (Wildman–Crippen LogP) is 4.13. The van der Waals surface area contributed by atoms with E-state index in [1.165, 1.54) is 16.7 Å². The SMILES string of the molecule is Cc1onc(-c2ccccc2Cl)c1C(=O)NC1C(=O)N2[C@@H]1SC1(C)CC21C(=O)OCC(Cl)(Cl)Cl. The molecule has 1 N–H and O–H groups in total. The highest BCUT2D eigenvalue weighted by Gasteiger charge is 2.85. The van der Waals surface area contributed by atoms with Gasteiger partial charge < -0.3 is 19.5 Å². The molecule has 2 aromatic rings. The fourth-order valence-corrected chi connectivity index (χ4v) is 6.96. The van der Waals surface area contributed by atoms with Crippen molar-refractivity contribution in [1.82, 2.24) is 15.4 Å². The molecule has 3 fully saturated rings. The molecule has 0 radical (unpaired) electrons. The van der Waals surface area contributed by atoms with E-state index in [-0.39, 0.29) is 22.9 Å². The van der Waals surface area contributed by atoms with Gasteiger partial charge in [-0.2, -0.15) is 0 Å². The average Bonchev–Trinajstić information content (AvgIpc) is 3.07. The molecular formula is C21H17Cl4N3O5S. The summed E-state index contributed by atoms with van der Waals surface area (Å²) in [4.78, 5) is 40.6. The third kappa shape index (κ3) is 3.51. The Balaban J connectivity index is 1.34. The molecule has 180 valence electrons. The van der Waals surface area contributed by atoms with Gasteiger partial charge in [0.15, 0.2) is 5.54 Å². The molecule has 1 aliphatic carbocycles. The van der Waals surface area contributed by atoms with Crippen molar-refractivity contribution in [3.05, 3.63) is 40.6 Å². The summed E-state index contributed by atoms with van der Waals surface area (Å²) >= 11 is 24.8. The quantitative estimate of drug-likeness (QED) is 0.331. The molecule has 2 amide bonds. The lowest BCUT2D eigenvalue weighted by Crippen LogP contribution is -2.72. The fourth-order valence-electron chi connectivity index (χ4n) is 4.66. The van der Waals surface area contributed by atoms with E-state index in [1.807, 2.05) is 6.92 Å². The van der Waals surface area contributed by atoms with Gasteiger partial charge in [-0.25, -0.2) is 4.79 Å². The van der Waals surface area contributed by atoms with E-state index in [4.69, 9.17) is 55.7 Å². The van der Waals surface area contributed by atoms with Crippen LogP contribution in [-0.2, 0) is 14.3 Å². The lowest BCUT2D eigenvalue weighted by atomic mass is 9.99. The minimum atomic E-state index is -1.76. The van der Waals surface area contributed by atoms with E-state index in [0.717, 1.165) is 0 Å². The molecule has 1 aromatic heterocycles. The Morgan fingerprint density at radius 3 is 2.74 bits per heavy atom. The van der Waals surface area contributed by atoms with Crippen molar-refractivity contribution < 1.29 is 23.6 Å². The zero-order chi connectivity index (χ0) is 24.6. The summed E-state index contributed by atoms with van der Waals surface area (Å²) < 4.78 is 8.15. The number of amides is 2. The number of carbonyl (C=O) groups excluding carboxylic acids is 3. The second-order valence-electron chi connectivity index (χ2n) is 8.57. The van der Waals surface area contributed by atoms with Gasteiger partial charge in [-0.1, -0.05) is 69.8 Å². The van der Waals surface area contributed by atoms with Crippen molar-refractivity contribution in [2.45, 2.75) is 45.8 Å². The summed E-state index contributed by atoms with van der Waals surface area (Å²) in [7, 11) is 0. The number of hydrogen-bond acceptors (Lipinski definition) is 7. The van der Waals surface area contributed by atoms with Crippen molar-refractivity contribution >= 4 is 75.9 Å². The number of thioether (sulfide) groups is 1. The molecule has 0 spiro atoms. The standard InChI is InChI=1S/C21H17Cl4N3O5S/c1-9-12(13(27-33-9)10-5-3-4-6-11(10)22)15(29)26-14-16(30)28-17(14)34-19(2)7-20(19,28)18(31)32-8-21(23,24)25/h3-6,14,17H,7-8H2,1-2H3,(H,26,29)/t14?,17-,19?,20?/m1/s1. The summed E-state index contributed by atoms with van der Waals surface area (Å²) in [5.74, 6) is -1.24. The van der Waals surface area contributed by atoms with Gasteiger partial charge in [0.25, 0.3) is 5.91 Å². The van der Waals surface area contributed by atoms with Crippen LogP contribution >= 0.6 is 58.2 Å². The van der Waals surface area contributed by atoms with Crippen LogP contribution < -0.4 is 5.32 Å². The first-order valence-electron chi connectivity index (χ1n) is 10.2. The van der Waals surface area contributed by atoms with Crippen LogP contribution in [0.2, 0.25) is 5.02 Å². The molecule has 3 aliphatic rings. The third-order valence-electron chi connectivity index (χ3n) is 6.39. The topological polar surface area (TPSA) is 102 Å². The molecule has 1 saturated carbocycles. The second-order valence-corrected chi connectivity index (χ2v) is 13.1. The number of nitrogens with zero attached hydrogens (tertiary/aromatic N) is 2. The zero-order valence-corrected chi connectivity index (χ0v) is 21.6. The number of β-lactam (4-membered cyclic amide) rings is 1. The maximum Gasteiger partial charge on any atom is 0.333 e. The first kappa shape index (κ1) is 24.1. The lowest BCUT2D eigenvalue weighted by Gasteiger charge is -2.46. The van der Waals surface area contributed by atoms with E-state index in [0.29, 0.717) is 17.0 Å². The first-order chi connectivity index (χ1) is 15.9. The van der Waals surface area contributed by atoms with E-state index >= 15 is 0 Å². The highest BCUT2D eigenvalue weighted by atomic mass is 35.6. The van der Waals surface area contributed by atoms with Gasteiger partial charge in [-0.05, 0) is 19.9 Å². The van der Waals surface area contributed by atoms with E-state index in [2.05, 4.69) is 10.5 Å². The number of hydrogen-bond donors (Lipinski definition) is 1. The van der Waals surface area contributed by atoms with E-state index < -0.39 is 44.0 Å². The molecule has 2 saturated heterocycles. The number of nitrogens with one attached hydrogen (secondary N) is 1. The Bertz CT molecular complexity index is 1230. The Kier molecular flexibility index (Phi) is 5.61. The van der Waals surface area contributed by atoms with Crippen LogP contribution in [0.5, 0.6) is 0 Å². The number of fused-ring (bicyclic) bond motifs is 3. The van der Waals surface area contributed by atoms with Gasteiger partial charge in [0, 0.05) is 12.0 Å². The zero-order valence-electron chi connectivity index (χ0n) is 17.7. The second kappa shape index (κ2) is 7.93. The maximum atomic E-state index is 13.2. The van der Waals surface area contributed by atoms with Crippen molar-refractivity contribution in [3.8, 4) is 11.3 Å². The van der Waals surface area contributed by atoms with Crippen molar-refractivity contribution in [1.29, 1.82) is 0 Å². The van der Waals surface area contributed by atoms with E-state index in [1.54, 1.807) is 31.2 Å². The highest BCUT2D eigenvalue weighted by molar-refractivity contribution is 8.02.